The lowest BCUT2D eigenvalue weighted by molar-refractivity contribution is -0.136. The van der Waals surface area contributed by atoms with E-state index in [1.165, 1.54) is 0 Å². The number of hydrogen-bond acceptors (Lipinski definition) is 6. The SMILES string of the molecule is Cn1nccc1[C@@H]1CN(Cc2ccc3c(c2)CN(C2CCC(=O)NC2=O)C3=O)C[C@H]1N. The number of likely N-dealkylation sites (tertiary alicyclic amines) is 1. The highest BCUT2D eigenvalue weighted by Crippen LogP contribution is 2.30. The predicted molar refractivity (Wildman–Crippen MR) is 112 cm³/mol. The van der Waals surface area contributed by atoms with E-state index in [9.17, 15) is 14.4 Å². The van der Waals surface area contributed by atoms with E-state index in [2.05, 4.69) is 21.4 Å². The van der Waals surface area contributed by atoms with Crippen LogP contribution in [0.1, 0.15) is 45.9 Å². The normalized spacial score (nSPS) is 26.5. The number of nitrogens with zero attached hydrogens (tertiary/aromatic N) is 4. The number of aromatic nitrogens is 2. The number of nitrogens with one attached hydrogen (secondary N) is 1. The number of hydrogen-bond donors (Lipinski definition) is 2. The van der Waals surface area contributed by atoms with Gasteiger partial charge in [-0.2, -0.15) is 5.10 Å². The monoisotopic (exact) mass is 422 g/mol. The van der Waals surface area contributed by atoms with Crippen LogP contribution in [-0.4, -0.2) is 62.5 Å². The highest BCUT2D eigenvalue weighted by atomic mass is 16.2. The molecule has 3 N–H and O–H groups in total. The Balaban J connectivity index is 1.28. The summed E-state index contributed by atoms with van der Waals surface area (Å²) in [7, 11) is 1.94. The van der Waals surface area contributed by atoms with E-state index >= 15 is 0 Å². The fraction of sp³-hybridized carbons (Fsp3) is 0.455. The molecule has 1 aromatic heterocycles. The van der Waals surface area contributed by atoms with Gasteiger partial charge in [0.15, 0.2) is 0 Å². The minimum atomic E-state index is -0.586. The van der Waals surface area contributed by atoms with Crippen molar-refractivity contribution in [1.29, 1.82) is 0 Å². The summed E-state index contributed by atoms with van der Waals surface area (Å²) in [5, 5.41) is 6.61. The number of fused-ring (bicyclic) bond motifs is 1. The third-order valence-corrected chi connectivity index (χ3v) is 6.67. The van der Waals surface area contributed by atoms with Gasteiger partial charge in [-0.05, 0) is 29.7 Å². The van der Waals surface area contributed by atoms with Crippen LogP contribution in [0.4, 0.5) is 0 Å². The molecule has 3 aliphatic heterocycles. The number of imide groups is 1. The van der Waals surface area contributed by atoms with Crippen molar-refractivity contribution < 1.29 is 14.4 Å². The maximum atomic E-state index is 12.9. The number of nitrogens with two attached hydrogens (primary N) is 1. The molecule has 9 heteroatoms. The number of carbonyl (C=O) groups is 3. The zero-order valence-corrected chi connectivity index (χ0v) is 17.5. The van der Waals surface area contributed by atoms with E-state index in [1.807, 2.05) is 29.9 Å². The summed E-state index contributed by atoms with van der Waals surface area (Å²) in [4.78, 5) is 40.4. The molecule has 1 aromatic carbocycles. The second kappa shape index (κ2) is 7.58. The molecule has 3 amide bonds. The maximum Gasteiger partial charge on any atom is 0.255 e. The van der Waals surface area contributed by atoms with Gasteiger partial charge in [-0.3, -0.25) is 29.3 Å². The van der Waals surface area contributed by atoms with Crippen molar-refractivity contribution in [3.05, 3.63) is 52.8 Å². The van der Waals surface area contributed by atoms with Crippen molar-refractivity contribution in [3.8, 4) is 0 Å². The molecule has 4 heterocycles. The van der Waals surface area contributed by atoms with Crippen LogP contribution in [-0.2, 0) is 29.7 Å². The van der Waals surface area contributed by atoms with Crippen molar-refractivity contribution in [3.63, 3.8) is 0 Å². The van der Waals surface area contributed by atoms with Gasteiger partial charge in [0.05, 0.1) is 0 Å². The lowest BCUT2D eigenvalue weighted by atomic mass is 10.0. The Morgan fingerprint density at radius 3 is 2.77 bits per heavy atom. The summed E-state index contributed by atoms with van der Waals surface area (Å²) < 4.78 is 1.89. The molecule has 162 valence electrons. The van der Waals surface area contributed by atoms with Crippen molar-refractivity contribution in [2.75, 3.05) is 13.1 Å². The van der Waals surface area contributed by atoms with E-state index in [0.29, 0.717) is 18.5 Å². The van der Waals surface area contributed by atoms with Gasteiger partial charge < -0.3 is 10.6 Å². The van der Waals surface area contributed by atoms with Crippen molar-refractivity contribution in [1.82, 2.24) is 24.9 Å². The summed E-state index contributed by atoms with van der Waals surface area (Å²) in [6, 6.07) is 7.38. The van der Waals surface area contributed by atoms with Crippen LogP contribution < -0.4 is 11.1 Å². The van der Waals surface area contributed by atoms with Gasteiger partial charge in [-0.1, -0.05) is 12.1 Å². The number of carbonyl (C=O) groups excluding carboxylic acids is 3. The van der Waals surface area contributed by atoms with Gasteiger partial charge >= 0.3 is 0 Å². The molecule has 0 radical (unpaired) electrons. The fourth-order valence-corrected chi connectivity index (χ4v) is 5.09. The quantitative estimate of drug-likeness (QED) is 0.676. The molecule has 0 aliphatic carbocycles. The van der Waals surface area contributed by atoms with Crippen LogP contribution >= 0.6 is 0 Å². The second-order valence-corrected chi connectivity index (χ2v) is 8.74. The van der Waals surface area contributed by atoms with Gasteiger partial charge in [0.2, 0.25) is 11.8 Å². The first-order chi connectivity index (χ1) is 14.9. The highest BCUT2D eigenvalue weighted by molar-refractivity contribution is 6.05. The number of aryl methyl sites for hydroxylation is 1. The lowest BCUT2D eigenvalue weighted by Crippen LogP contribution is -2.52. The van der Waals surface area contributed by atoms with Crippen LogP contribution in [0.15, 0.2) is 30.5 Å². The Morgan fingerprint density at radius 1 is 1.19 bits per heavy atom. The third-order valence-electron chi connectivity index (χ3n) is 6.67. The van der Waals surface area contributed by atoms with Gasteiger partial charge in [-0.15, -0.1) is 0 Å². The fourth-order valence-electron chi connectivity index (χ4n) is 5.09. The van der Waals surface area contributed by atoms with Crippen LogP contribution in [0.2, 0.25) is 0 Å². The third kappa shape index (κ3) is 3.53. The summed E-state index contributed by atoms with van der Waals surface area (Å²) in [5.41, 5.74) is 10.3. The maximum absolute atomic E-state index is 12.9. The summed E-state index contributed by atoms with van der Waals surface area (Å²) in [6.07, 6.45) is 2.43. The van der Waals surface area contributed by atoms with Crippen molar-refractivity contribution in [2.45, 2.75) is 43.9 Å². The lowest BCUT2D eigenvalue weighted by Gasteiger charge is -2.29. The summed E-state index contributed by atoms with van der Waals surface area (Å²) in [6.45, 7) is 2.81. The standard InChI is InChI=1S/C22H26N6O3/c1-26-18(6-7-24-26)16-11-27(12-17(16)23)9-13-2-3-15-14(8-13)10-28(22(15)31)19-4-5-20(29)25-21(19)30/h2-3,6-8,16-17,19H,4-5,9-12,23H2,1H3,(H,25,29,30)/t16-,17-,19?/m1/s1. The molecular formula is C22H26N6O3. The van der Waals surface area contributed by atoms with Crippen LogP contribution in [0.3, 0.4) is 0 Å². The molecule has 2 fully saturated rings. The molecular weight excluding hydrogens is 396 g/mol. The van der Waals surface area contributed by atoms with Gasteiger partial charge in [0.1, 0.15) is 6.04 Å². The predicted octanol–water partition coefficient (Wildman–Crippen LogP) is 0.108. The van der Waals surface area contributed by atoms with Crippen molar-refractivity contribution in [2.24, 2.45) is 12.8 Å². The first kappa shape index (κ1) is 19.9. The minimum Gasteiger partial charge on any atom is -0.326 e. The van der Waals surface area contributed by atoms with Gasteiger partial charge in [0.25, 0.3) is 5.91 Å². The number of rotatable bonds is 4. The average molecular weight is 422 g/mol. The first-order valence-corrected chi connectivity index (χ1v) is 10.6. The Labute approximate surface area is 180 Å². The van der Waals surface area contributed by atoms with Gasteiger partial charge in [-0.25, -0.2) is 0 Å². The molecule has 2 saturated heterocycles. The highest BCUT2D eigenvalue weighted by Gasteiger charge is 2.39. The molecule has 0 saturated carbocycles. The van der Waals surface area contributed by atoms with Crippen LogP contribution in [0, 0.1) is 0 Å². The van der Waals surface area contributed by atoms with E-state index in [1.54, 1.807) is 11.1 Å². The van der Waals surface area contributed by atoms with Crippen molar-refractivity contribution >= 4 is 17.7 Å². The Bertz CT molecular complexity index is 1060. The minimum absolute atomic E-state index is 0.0504. The number of amides is 3. The van der Waals surface area contributed by atoms with Crippen LogP contribution in [0.5, 0.6) is 0 Å². The molecule has 3 atom stereocenters. The van der Waals surface area contributed by atoms with E-state index < -0.39 is 6.04 Å². The Morgan fingerprint density at radius 2 is 2.03 bits per heavy atom. The van der Waals surface area contributed by atoms with E-state index in [4.69, 9.17) is 5.73 Å². The Hall–Kier alpha value is -3.04. The molecule has 3 aliphatic rings. The molecule has 0 bridgehead atoms. The number of piperidine rings is 1. The topological polar surface area (TPSA) is 114 Å². The average Bonchev–Trinajstić information content (AvgIpc) is 3.39. The molecule has 0 spiro atoms. The summed E-state index contributed by atoms with van der Waals surface area (Å²) in [5.74, 6) is -0.562. The van der Waals surface area contributed by atoms with E-state index in [0.717, 1.165) is 36.5 Å². The number of benzene rings is 1. The zero-order valence-electron chi connectivity index (χ0n) is 17.5. The molecule has 5 rings (SSSR count). The second-order valence-electron chi connectivity index (χ2n) is 8.74. The molecule has 9 nitrogen and oxygen atoms in total. The van der Waals surface area contributed by atoms with E-state index in [-0.39, 0.29) is 36.1 Å². The molecule has 2 aromatic rings. The van der Waals surface area contributed by atoms with Crippen LogP contribution in [0.25, 0.3) is 0 Å². The molecule has 31 heavy (non-hydrogen) atoms. The summed E-state index contributed by atoms with van der Waals surface area (Å²) >= 11 is 0. The zero-order chi connectivity index (χ0) is 21.7. The van der Waals surface area contributed by atoms with Gasteiger partial charge in [0, 0.05) is 69.1 Å². The smallest absolute Gasteiger partial charge is 0.255 e. The molecule has 1 unspecified atom stereocenters. The Kier molecular flexibility index (Phi) is 4.86. The first-order valence-electron chi connectivity index (χ1n) is 10.6. The largest absolute Gasteiger partial charge is 0.326 e.